The van der Waals surface area contributed by atoms with Gasteiger partial charge in [-0.2, -0.15) is 0 Å². The lowest BCUT2D eigenvalue weighted by Crippen LogP contribution is -2.61. The number of amides is 4. The zero-order valence-corrected chi connectivity index (χ0v) is 43.4. The van der Waals surface area contributed by atoms with E-state index in [1.54, 1.807) is 7.11 Å². The Balaban J connectivity index is 0.803. The molecule has 74 heavy (non-hydrogen) atoms. The lowest BCUT2D eigenvalue weighted by molar-refractivity contribution is -0.292. The van der Waals surface area contributed by atoms with E-state index in [-0.39, 0.29) is 117 Å². The minimum absolute atomic E-state index is 0.00791. The fourth-order valence-corrected chi connectivity index (χ4v) is 13.6. The molecule has 19 nitrogen and oxygen atoms in total. The van der Waals surface area contributed by atoms with Crippen molar-refractivity contribution in [2.24, 2.45) is 11.3 Å². The Morgan fingerprint density at radius 3 is 2.32 bits per heavy atom. The van der Waals surface area contributed by atoms with E-state index >= 15 is 0 Å². The molecule has 10 heterocycles. The minimum Gasteiger partial charge on any atom is -0.391 e. The number of hydrogen-bond acceptors (Lipinski definition) is 15. The van der Waals surface area contributed by atoms with Crippen molar-refractivity contribution in [1.29, 1.82) is 0 Å². The summed E-state index contributed by atoms with van der Waals surface area (Å²) >= 11 is 0. The number of ketones is 1. The average Bonchev–Trinajstić information content (AvgIpc) is 4.03. The predicted molar refractivity (Wildman–Crippen MR) is 264 cm³/mol. The molecule has 408 valence electrons. The number of benzene rings is 1. The van der Waals surface area contributed by atoms with Crippen molar-refractivity contribution in [2.75, 3.05) is 26.7 Å². The quantitative estimate of drug-likeness (QED) is 0.179. The molecular formula is C55H78N4O15. The van der Waals surface area contributed by atoms with Gasteiger partial charge in [0.2, 0.25) is 23.6 Å². The van der Waals surface area contributed by atoms with Gasteiger partial charge in [-0.05, 0) is 67.9 Å². The Morgan fingerprint density at radius 1 is 0.770 bits per heavy atom. The largest absolute Gasteiger partial charge is 0.391 e. The number of rotatable bonds is 13. The van der Waals surface area contributed by atoms with E-state index in [9.17, 15) is 29.1 Å². The SMILES string of the molecule is C=C1CC[C@@H]2CC[C@@H]3O[C@@H](CC[C@@]45C[C@H]6OC7C(O[C@H]8CC[C@H](CC(=O)C[C@@H]9[C@@H](OC)[C@@H](C[C@H](O)CNC(=O)CNC(=O)[C@H](Cc%10ccccc%10)NC(=O)CNC(C)=O)O[C@H]9C[C@H]1O2)O[C@@H]8[C@@H]7O4)[C@H]6O5)CC3(C)C. The second-order valence-corrected chi connectivity index (χ2v) is 23.2. The smallest absolute Gasteiger partial charge is 0.243 e. The second-order valence-electron chi connectivity index (χ2n) is 23.2. The van der Waals surface area contributed by atoms with Crippen molar-refractivity contribution >= 4 is 29.4 Å². The first-order valence-electron chi connectivity index (χ1n) is 27.3. The lowest BCUT2D eigenvalue weighted by Gasteiger charge is -2.47. The first-order valence-corrected chi connectivity index (χ1v) is 27.3. The van der Waals surface area contributed by atoms with Crippen LogP contribution in [0.2, 0.25) is 0 Å². The van der Waals surface area contributed by atoms with Crippen molar-refractivity contribution in [3.63, 3.8) is 0 Å². The van der Waals surface area contributed by atoms with Crippen LogP contribution in [0, 0.1) is 11.3 Å². The highest BCUT2D eigenvalue weighted by Crippen LogP contribution is 2.55. The van der Waals surface area contributed by atoms with Gasteiger partial charge < -0.3 is 69.0 Å². The van der Waals surface area contributed by atoms with Crippen LogP contribution >= 0.6 is 0 Å². The van der Waals surface area contributed by atoms with Gasteiger partial charge in [-0.3, -0.25) is 24.0 Å². The van der Waals surface area contributed by atoms with E-state index in [2.05, 4.69) is 41.7 Å². The molecule has 19 heteroatoms. The first kappa shape index (κ1) is 53.5. The third-order valence-corrected chi connectivity index (χ3v) is 17.4. The summed E-state index contributed by atoms with van der Waals surface area (Å²) in [7, 11) is 1.59. The monoisotopic (exact) mass is 1030 g/mol. The van der Waals surface area contributed by atoms with E-state index in [4.69, 9.17) is 42.6 Å². The molecule has 10 fully saturated rings. The average molecular weight is 1040 g/mol. The highest BCUT2D eigenvalue weighted by molar-refractivity contribution is 5.92. The van der Waals surface area contributed by atoms with Crippen molar-refractivity contribution in [3.8, 4) is 0 Å². The van der Waals surface area contributed by atoms with Gasteiger partial charge in [-0.25, -0.2) is 0 Å². The van der Waals surface area contributed by atoms with Crippen molar-refractivity contribution in [1.82, 2.24) is 21.3 Å². The standard InChI is InChI=1S/C55H78N4O15/c1-29-11-12-34-14-16-44-54(3,4)24-36(68-44)17-18-55-25-43-49(73-55)50-51(72-43)52(74-55)48-39(71-50)15-13-35(69-48)20-32(61)21-37-41(23-40(29)67-34)70-42(47(37)66-5)22-33(62)26-57-45(63)27-58-53(65)38(19-31-9-7-6-8-10-31)59-46(64)28-56-30(2)60/h6-10,33-44,47-52,62H,1,11-28H2,2-5H3,(H,56,60)(H,57,63)(H,58,65)(H,59,64)/t33-,34+,35+,36-,37-,38-,39-,40+,41-,42+,43+,44-,47+,48-,49-,50?,51?,52-,55-/m0/s1. The number of Topliss-reactive ketones (excluding diaryl/α,β-unsaturated/α-hetero) is 1. The molecule has 11 rings (SSSR count). The zero-order valence-electron chi connectivity index (χ0n) is 43.4. The summed E-state index contributed by atoms with van der Waals surface area (Å²) in [5.41, 5.74) is 1.74. The molecule has 1 spiro atoms. The summed E-state index contributed by atoms with van der Waals surface area (Å²) in [6.07, 6.45) is 3.65. The molecular weight excluding hydrogens is 957 g/mol. The third kappa shape index (κ3) is 12.0. The molecule has 10 saturated heterocycles. The molecule has 0 aliphatic carbocycles. The molecule has 12 bridgehead atoms. The second kappa shape index (κ2) is 22.6. The number of hydrogen-bond donors (Lipinski definition) is 5. The van der Waals surface area contributed by atoms with Crippen LogP contribution in [0.15, 0.2) is 42.5 Å². The van der Waals surface area contributed by atoms with Crippen LogP contribution in [0.3, 0.4) is 0 Å². The van der Waals surface area contributed by atoms with E-state index in [0.29, 0.717) is 25.7 Å². The summed E-state index contributed by atoms with van der Waals surface area (Å²) in [4.78, 5) is 64.8. The number of ether oxygens (including phenoxy) is 9. The number of fused-ring (bicyclic) bond motifs is 6. The summed E-state index contributed by atoms with van der Waals surface area (Å²) in [6.45, 7) is 9.45. The number of carbonyl (C=O) groups is 5. The van der Waals surface area contributed by atoms with E-state index in [1.807, 2.05) is 30.3 Å². The fourth-order valence-electron chi connectivity index (χ4n) is 13.6. The molecule has 19 atom stereocenters. The number of carbonyl (C=O) groups excluding carboxylic acids is 5. The number of aliphatic hydroxyl groups is 1. The number of methoxy groups -OCH3 is 1. The van der Waals surface area contributed by atoms with Crippen molar-refractivity contribution in [3.05, 3.63) is 48.0 Å². The predicted octanol–water partition coefficient (Wildman–Crippen LogP) is 2.80. The summed E-state index contributed by atoms with van der Waals surface area (Å²) < 4.78 is 60.9. The highest BCUT2D eigenvalue weighted by Gasteiger charge is 2.69. The Labute approximate surface area is 433 Å². The topological polar surface area (TPSA) is 237 Å². The molecule has 10 aliphatic heterocycles. The Bertz CT molecular complexity index is 2220. The van der Waals surface area contributed by atoms with Gasteiger partial charge in [0.25, 0.3) is 0 Å². The maximum absolute atomic E-state index is 14.4. The van der Waals surface area contributed by atoms with Gasteiger partial charge in [0, 0.05) is 71.4 Å². The molecule has 1 aromatic rings. The zero-order chi connectivity index (χ0) is 51.9. The summed E-state index contributed by atoms with van der Waals surface area (Å²) in [5, 5.41) is 21.8. The maximum atomic E-state index is 14.4. The highest BCUT2D eigenvalue weighted by atomic mass is 16.8. The molecule has 0 saturated carbocycles. The fraction of sp³-hybridized carbons (Fsp3) is 0.764. The third-order valence-electron chi connectivity index (χ3n) is 17.4. The first-order chi connectivity index (χ1) is 35.5. The van der Waals surface area contributed by atoms with E-state index in [1.165, 1.54) is 6.92 Å². The normalized spacial score (nSPS) is 40.0. The molecule has 0 radical (unpaired) electrons. The number of aliphatic hydroxyl groups excluding tert-OH is 1. The minimum atomic E-state index is -1.07. The van der Waals surface area contributed by atoms with Crippen LogP contribution in [0.1, 0.15) is 116 Å². The Morgan fingerprint density at radius 2 is 1.53 bits per heavy atom. The molecule has 0 aromatic heterocycles. The van der Waals surface area contributed by atoms with Crippen LogP contribution in [-0.4, -0.2) is 171 Å². The molecule has 4 amide bonds. The molecule has 10 aliphatic rings. The maximum Gasteiger partial charge on any atom is 0.243 e. The van der Waals surface area contributed by atoms with Crippen molar-refractivity contribution < 1.29 is 71.7 Å². The summed E-state index contributed by atoms with van der Waals surface area (Å²) in [5.74, 6) is -3.29. The molecule has 5 N–H and O–H groups in total. The van der Waals surface area contributed by atoms with E-state index < -0.39 is 78.6 Å². The Kier molecular flexibility index (Phi) is 16.3. The van der Waals surface area contributed by atoms with Gasteiger partial charge in [-0.1, -0.05) is 50.8 Å². The van der Waals surface area contributed by atoms with Crippen LogP contribution < -0.4 is 21.3 Å². The van der Waals surface area contributed by atoms with E-state index in [0.717, 1.165) is 56.1 Å². The van der Waals surface area contributed by atoms with Gasteiger partial charge in [0.15, 0.2) is 5.79 Å². The molecule has 1 aromatic carbocycles. The number of nitrogens with one attached hydrogen (secondary N) is 4. The van der Waals surface area contributed by atoms with Gasteiger partial charge in [0.1, 0.15) is 42.3 Å². The van der Waals surface area contributed by atoms with Crippen LogP contribution in [-0.2, 0) is 73.0 Å². The summed E-state index contributed by atoms with van der Waals surface area (Å²) in [6, 6.07) is 8.07. The van der Waals surface area contributed by atoms with Crippen molar-refractivity contribution in [2.45, 2.75) is 227 Å². The van der Waals surface area contributed by atoms with Gasteiger partial charge >= 0.3 is 0 Å². The van der Waals surface area contributed by atoms with Crippen LogP contribution in [0.25, 0.3) is 0 Å². The van der Waals surface area contributed by atoms with Crippen LogP contribution in [0.5, 0.6) is 0 Å². The Hall–Kier alpha value is -3.89. The van der Waals surface area contributed by atoms with Crippen LogP contribution in [0.4, 0.5) is 0 Å². The molecule has 2 unspecified atom stereocenters. The van der Waals surface area contributed by atoms with Gasteiger partial charge in [0.05, 0.1) is 80.2 Å². The lowest BCUT2D eigenvalue weighted by atomic mass is 9.80. The van der Waals surface area contributed by atoms with Gasteiger partial charge in [-0.15, -0.1) is 0 Å².